The highest BCUT2D eigenvalue weighted by Gasteiger charge is 2.27. The third-order valence-electron chi connectivity index (χ3n) is 5.20. The Balaban J connectivity index is 1.89. The Morgan fingerprint density at radius 2 is 1.79 bits per heavy atom. The minimum absolute atomic E-state index is 0.00996. The van der Waals surface area contributed by atoms with Crippen molar-refractivity contribution in [2.45, 2.75) is 45.8 Å². The number of rotatable bonds is 9. The Morgan fingerprint density at radius 3 is 2.45 bits per heavy atom. The molecule has 0 aliphatic rings. The number of nitrogens with zero attached hydrogens (tertiary/aromatic N) is 4. The van der Waals surface area contributed by atoms with E-state index in [1.54, 1.807) is 48.5 Å². The number of aryl methyl sites for hydroxylation is 1. The van der Waals surface area contributed by atoms with Gasteiger partial charge in [0.15, 0.2) is 11.8 Å². The lowest BCUT2D eigenvalue weighted by Crippen LogP contribution is -2.41. The standard InChI is InChI=1S/C25H26N4O4/c1-3-4-17-29-24(31)21-14-9-8-13-20(21)22(27-29)25(32)33-18(2)23(30)28(16-10-15-26)19-11-6-5-7-12-19/h5-9,11-14,18H,3-4,10,16-17H2,1-2H3. The molecule has 8 nitrogen and oxygen atoms in total. The van der Waals surface area contributed by atoms with Crippen LogP contribution < -0.4 is 10.5 Å². The zero-order valence-corrected chi connectivity index (χ0v) is 18.7. The number of para-hydroxylation sites is 1. The van der Waals surface area contributed by atoms with Crippen LogP contribution in [0.5, 0.6) is 0 Å². The van der Waals surface area contributed by atoms with E-state index < -0.39 is 18.0 Å². The monoisotopic (exact) mass is 446 g/mol. The van der Waals surface area contributed by atoms with Crippen LogP contribution in [-0.4, -0.2) is 34.3 Å². The van der Waals surface area contributed by atoms with Crippen molar-refractivity contribution in [1.29, 1.82) is 5.26 Å². The van der Waals surface area contributed by atoms with Crippen LogP contribution in [-0.2, 0) is 16.1 Å². The SMILES string of the molecule is CCCCn1nc(C(=O)OC(C)C(=O)N(CCC#N)c2ccccc2)c2ccccc2c1=O. The highest BCUT2D eigenvalue weighted by Crippen LogP contribution is 2.18. The van der Waals surface area contributed by atoms with Crippen LogP contribution in [0.2, 0.25) is 0 Å². The van der Waals surface area contributed by atoms with Crippen molar-refractivity contribution in [3.05, 3.63) is 70.6 Å². The van der Waals surface area contributed by atoms with E-state index in [0.717, 1.165) is 12.8 Å². The molecule has 3 aromatic rings. The molecule has 8 heteroatoms. The Kier molecular flexibility index (Phi) is 7.92. The maximum atomic E-state index is 13.1. The van der Waals surface area contributed by atoms with Crippen LogP contribution in [0.25, 0.3) is 10.8 Å². The van der Waals surface area contributed by atoms with E-state index in [2.05, 4.69) is 5.10 Å². The molecule has 1 amide bonds. The first-order chi connectivity index (χ1) is 16.0. The highest BCUT2D eigenvalue weighted by molar-refractivity contribution is 6.04. The van der Waals surface area contributed by atoms with Gasteiger partial charge < -0.3 is 9.64 Å². The lowest BCUT2D eigenvalue weighted by molar-refractivity contribution is -0.126. The summed E-state index contributed by atoms with van der Waals surface area (Å²) in [4.78, 5) is 40.3. The van der Waals surface area contributed by atoms with Gasteiger partial charge in [0.2, 0.25) is 0 Å². The number of nitriles is 1. The largest absolute Gasteiger partial charge is 0.448 e. The summed E-state index contributed by atoms with van der Waals surface area (Å²) in [6, 6.07) is 17.7. The van der Waals surface area contributed by atoms with E-state index in [1.165, 1.54) is 16.5 Å². The molecule has 1 aromatic heterocycles. The molecule has 1 heterocycles. The molecule has 0 N–H and O–H groups in total. The predicted octanol–water partition coefficient (Wildman–Crippen LogP) is 3.69. The number of carbonyl (C=O) groups is 2. The number of aromatic nitrogens is 2. The summed E-state index contributed by atoms with van der Waals surface area (Å²) in [5.74, 6) is -1.24. The number of benzene rings is 2. The molecule has 33 heavy (non-hydrogen) atoms. The first-order valence-corrected chi connectivity index (χ1v) is 10.9. The maximum absolute atomic E-state index is 13.1. The van der Waals surface area contributed by atoms with Crippen molar-refractivity contribution < 1.29 is 14.3 Å². The van der Waals surface area contributed by atoms with Gasteiger partial charge in [0.25, 0.3) is 11.5 Å². The molecule has 3 rings (SSSR count). The van der Waals surface area contributed by atoms with Crippen LogP contribution in [0.3, 0.4) is 0 Å². The van der Waals surface area contributed by atoms with Gasteiger partial charge in [-0.1, -0.05) is 49.7 Å². The van der Waals surface area contributed by atoms with E-state index in [0.29, 0.717) is 23.0 Å². The van der Waals surface area contributed by atoms with Crippen molar-refractivity contribution in [3.8, 4) is 6.07 Å². The maximum Gasteiger partial charge on any atom is 0.360 e. The molecular formula is C25H26N4O4. The third kappa shape index (κ3) is 5.44. The smallest absolute Gasteiger partial charge is 0.360 e. The first kappa shape index (κ1) is 23.7. The zero-order chi connectivity index (χ0) is 23.8. The predicted molar refractivity (Wildman–Crippen MR) is 125 cm³/mol. The fourth-order valence-corrected chi connectivity index (χ4v) is 3.47. The highest BCUT2D eigenvalue weighted by atomic mass is 16.5. The van der Waals surface area contributed by atoms with Crippen molar-refractivity contribution in [2.75, 3.05) is 11.4 Å². The molecule has 0 spiro atoms. The molecule has 0 aliphatic heterocycles. The molecule has 170 valence electrons. The minimum Gasteiger partial charge on any atom is -0.448 e. The van der Waals surface area contributed by atoms with Crippen LogP contribution in [0.1, 0.15) is 43.6 Å². The topological polar surface area (TPSA) is 105 Å². The Morgan fingerprint density at radius 1 is 1.12 bits per heavy atom. The number of esters is 1. The molecule has 1 atom stereocenters. The summed E-state index contributed by atoms with van der Waals surface area (Å²) in [7, 11) is 0. The third-order valence-corrected chi connectivity index (χ3v) is 5.20. The number of unbranched alkanes of at least 4 members (excludes halogenated alkanes) is 1. The van der Waals surface area contributed by atoms with Crippen molar-refractivity contribution in [2.24, 2.45) is 0 Å². The Labute approximate surface area is 192 Å². The number of carbonyl (C=O) groups excluding carboxylic acids is 2. The fraction of sp³-hybridized carbons (Fsp3) is 0.320. The first-order valence-electron chi connectivity index (χ1n) is 10.9. The van der Waals surface area contributed by atoms with Gasteiger partial charge in [0, 0.05) is 24.2 Å². The molecule has 0 fully saturated rings. The normalized spacial score (nSPS) is 11.5. The van der Waals surface area contributed by atoms with Crippen LogP contribution in [0, 0.1) is 11.3 Å². The fourth-order valence-electron chi connectivity index (χ4n) is 3.47. The molecule has 1 unspecified atom stereocenters. The quantitative estimate of drug-likeness (QED) is 0.464. The Hall–Kier alpha value is -3.99. The lowest BCUT2D eigenvalue weighted by Gasteiger charge is -2.25. The molecule has 0 aliphatic carbocycles. The average Bonchev–Trinajstić information content (AvgIpc) is 2.84. The van der Waals surface area contributed by atoms with Crippen LogP contribution in [0.4, 0.5) is 5.69 Å². The van der Waals surface area contributed by atoms with Gasteiger partial charge in [-0.2, -0.15) is 10.4 Å². The van der Waals surface area contributed by atoms with E-state index >= 15 is 0 Å². The van der Waals surface area contributed by atoms with E-state index in [1.807, 2.05) is 19.1 Å². The van der Waals surface area contributed by atoms with Gasteiger partial charge >= 0.3 is 5.97 Å². The van der Waals surface area contributed by atoms with Gasteiger partial charge in [0.1, 0.15) is 0 Å². The summed E-state index contributed by atoms with van der Waals surface area (Å²) >= 11 is 0. The molecule has 2 aromatic carbocycles. The molecule has 0 bridgehead atoms. The number of anilines is 1. The number of ether oxygens (including phenoxy) is 1. The van der Waals surface area contributed by atoms with Gasteiger partial charge in [-0.3, -0.25) is 9.59 Å². The second-order valence-corrected chi connectivity index (χ2v) is 7.56. The summed E-state index contributed by atoms with van der Waals surface area (Å²) in [5.41, 5.74) is 0.327. The van der Waals surface area contributed by atoms with Crippen molar-refractivity contribution in [1.82, 2.24) is 9.78 Å². The van der Waals surface area contributed by atoms with Crippen molar-refractivity contribution >= 4 is 28.3 Å². The molecule has 0 saturated carbocycles. The van der Waals surface area contributed by atoms with Crippen molar-refractivity contribution in [3.63, 3.8) is 0 Å². The number of fused-ring (bicyclic) bond motifs is 1. The van der Waals surface area contributed by atoms with Gasteiger partial charge in [-0.25, -0.2) is 9.48 Å². The molecule has 0 saturated heterocycles. The minimum atomic E-state index is -1.12. The molecule has 0 radical (unpaired) electrons. The number of amides is 1. The Bertz CT molecular complexity index is 1230. The number of hydrogen-bond acceptors (Lipinski definition) is 6. The zero-order valence-electron chi connectivity index (χ0n) is 18.7. The van der Waals surface area contributed by atoms with Gasteiger partial charge in [0.05, 0.1) is 17.9 Å². The number of hydrogen-bond donors (Lipinski definition) is 0. The van der Waals surface area contributed by atoms with E-state index in [-0.39, 0.29) is 24.2 Å². The average molecular weight is 447 g/mol. The summed E-state index contributed by atoms with van der Waals surface area (Å²) in [6.07, 6.45) is 0.618. The summed E-state index contributed by atoms with van der Waals surface area (Å²) in [6.45, 7) is 4.03. The van der Waals surface area contributed by atoms with E-state index in [4.69, 9.17) is 10.00 Å². The van der Waals surface area contributed by atoms with Crippen LogP contribution >= 0.6 is 0 Å². The summed E-state index contributed by atoms with van der Waals surface area (Å²) in [5, 5.41) is 14.0. The van der Waals surface area contributed by atoms with Gasteiger partial charge in [-0.05, 0) is 31.5 Å². The second kappa shape index (κ2) is 11.0. The summed E-state index contributed by atoms with van der Waals surface area (Å²) < 4.78 is 6.77. The lowest BCUT2D eigenvalue weighted by atomic mass is 10.1. The van der Waals surface area contributed by atoms with E-state index in [9.17, 15) is 14.4 Å². The second-order valence-electron chi connectivity index (χ2n) is 7.56. The van der Waals surface area contributed by atoms with Gasteiger partial charge in [-0.15, -0.1) is 0 Å². The van der Waals surface area contributed by atoms with Crippen LogP contribution in [0.15, 0.2) is 59.4 Å². The molecular weight excluding hydrogens is 420 g/mol.